The van der Waals surface area contributed by atoms with Gasteiger partial charge in [0.15, 0.2) is 0 Å². The molecule has 0 aliphatic carbocycles. The first kappa shape index (κ1) is 24.9. The Morgan fingerprint density at radius 2 is 1.85 bits per heavy atom. The first-order chi connectivity index (χ1) is 16.0. The molecule has 0 aliphatic heterocycles. The number of alkyl halides is 2. The highest BCUT2D eigenvalue weighted by Gasteiger charge is 2.27. The molecule has 0 saturated heterocycles. The van der Waals surface area contributed by atoms with Crippen molar-refractivity contribution in [1.29, 1.82) is 0 Å². The molecule has 0 saturated carbocycles. The van der Waals surface area contributed by atoms with E-state index in [1.165, 1.54) is 28.9 Å². The van der Waals surface area contributed by atoms with Crippen molar-refractivity contribution in [2.75, 3.05) is 6.61 Å². The number of esters is 1. The normalized spacial score (nSPS) is 12.2. The predicted molar refractivity (Wildman–Crippen MR) is 122 cm³/mol. The third-order valence-electron chi connectivity index (χ3n) is 5.22. The van der Waals surface area contributed by atoms with Crippen LogP contribution in [0.5, 0.6) is 11.6 Å². The summed E-state index contributed by atoms with van der Waals surface area (Å²) in [4.78, 5) is 25.0. The van der Waals surface area contributed by atoms with E-state index in [1.807, 2.05) is 0 Å². The zero-order valence-electron chi connectivity index (χ0n) is 19.7. The lowest BCUT2D eigenvalue weighted by atomic mass is 10.1. The summed E-state index contributed by atoms with van der Waals surface area (Å²) in [5.74, 6) is -3.57. The molecule has 0 spiro atoms. The van der Waals surface area contributed by atoms with Gasteiger partial charge in [0.2, 0.25) is 5.88 Å². The number of rotatable bonds is 8. The van der Waals surface area contributed by atoms with E-state index in [4.69, 9.17) is 9.47 Å². The number of nitrogens with zero attached hydrogens (tertiary/aromatic N) is 2. The van der Waals surface area contributed by atoms with E-state index < -0.39 is 23.8 Å². The van der Waals surface area contributed by atoms with E-state index >= 15 is 0 Å². The van der Waals surface area contributed by atoms with E-state index in [0.29, 0.717) is 11.3 Å². The summed E-state index contributed by atoms with van der Waals surface area (Å²) in [6, 6.07) is 11.9. The summed E-state index contributed by atoms with van der Waals surface area (Å²) in [6.45, 7) is 6.29. The van der Waals surface area contributed by atoms with Crippen molar-refractivity contribution in [3.8, 4) is 11.6 Å². The van der Waals surface area contributed by atoms with Gasteiger partial charge in [0.05, 0.1) is 23.9 Å². The topological polar surface area (TPSA) is 82.5 Å². The van der Waals surface area contributed by atoms with Gasteiger partial charge in [-0.25, -0.2) is 18.3 Å². The number of aryl methyl sites for hydroxylation is 2. The number of nitrogens with one attached hydrogen (secondary N) is 1. The van der Waals surface area contributed by atoms with Gasteiger partial charge in [-0.15, -0.1) is 0 Å². The second kappa shape index (κ2) is 10.0. The van der Waals surface area contributed by atoms with Crippen molar-refractivity contribution < 1.29 is 27.8 Å². The van der Waals surface area contributed by atoms with Crippen LogP contribution >= 0.6 is 0 Å². The molecule has 0 aliphatic rings. The second-order valence-corrected chi connectivity index (χ2v) is 7.95. The molecular weight excluding hydrogens is 444 g/mol. The largest absolute Gasteiger partial charge is 0.462 e. The number of ether oxygens (including phenoxy) is 2. The lowest BCUT2D eigenvalue weighted by Gasteiger charge is -2.16. The molecule has 1 N–H and O–H groups in total. The van der Waals surface area contributed by atoms with Crippen molar-refractivity contribution >= 4 is 11.9 Å². The molecule has 0 radical (unpaired) electrons. The molecule has 1 atom stereocenters. The third-order valence-corrected chi connectivity index (χ3v) is 5.22. The van der Waals surface area contributed by atoms with Crippen molar-refractivity contribution in [3.05, 3.63) is 76.5 Å². The van der Waals surface area contributed by atoms with Crippen LogP contribution in [0.2, 0.25) is 0 Å². The Hall–Kier alpha value is -3.75. The average Bonchev–Trinajstić information content (AvgIpc) is 3.06. The number of carbonyl (C=O) groups is 2. The maximum Gasteiger partial charge on any atom is 0.338 e. The lowest BCUT2D eigenvalue weighted by molar-refractivity contribution is 0.0172. The van der Waals surface area contributed by atoms with Crippen molar-refractivity contribution in [1.82, 2.24) is 15.1 Å². The van der Waals surface area contributed by atoms with E-state index in [9.17, 15) is 18.4 Å². The van der Waals surface area contributed by atoms with Gasteiger partial charge in [0.1, 0.15) is 11.3 Å². The van der Waals surface area contributed by atoms with Gasteiger partial charge in [-0.2, -0.15) is 5.10 Å². The molecule has 3 aromatic rings. The number of aromatic nitrogens is 2. The van der Waals surface area contributed by atoms with Crippen molar-refractivity contribution in [2.24, 2.45) is 7.05 Å². The fraction of sp³-hybridized carbons (Fsp3) is 0.320. The summed E-state index contributed by atoms with van der Waals surface area (Å²) in [7, 11) is 1.61. The molecule has 9 heteroatoms. The lowest BCUT2D eigenvalue weighted by Crippen LogP contribution is -2.27. The standard InChI is InChI=1S/C25H27F2N3O4/c1-6-33-24(32)18-12-10-17(11-13-18)15(2)28-22(31)21-16(3)29-30(5)23(21)34-20-9-7-8-19(14-20)25(4,26)27/h7-15H,6H2,1-5H3,(H,28,31)/t15-/m0/s1. The van der Waals surface area contributed by atoms with Gasteiger partial charge in [0, 0.05) is 19.5 Å². The van der Waals surface area contributed by atoms with Gasteiger partial charge in [-0.05, 0) is 50.6 Å². The Morgan fingerprint density at radius 3 is 2.47 bits per heavy atom. The van der Waals surface area contributed by atoms with Gasteiger partial charge in [-0.1, -0.05) is 24.3 Å². The second-order valence-electron chi connectivity index (χ2n) is 7.95. The molecule has 34 heavy (non-hydrogen) atoms. The minimum atomic E-state index is -3.03. The number of hydrogen-bond donors (Lipinski definition) is 1. The number of hydrogen-bond acceptors (Lipinski definition) is 5. The Balaban J connectivity index is 1.80. The van der Waals surface area contributed by atoms with Crippen molar-refractivity contribution in [2.45, 2.75) is 39.7 Å². The quantitative estimate of drug-likeness (QED) is 0.451. The molecule has 0 fully saturated rings. The Kier molecular flexibility index (Phi) is 7.34. The Labute approximate surface area is 196 Å². The molecule has 180 valence electrons. The molecule has 2 aromatic carbocycles. The molecule has 1 aromatic heterocycles. The average molecular weight is 472 g/mol. The van der Waals surface area contributed by atoms with Crippen LogP contribution in [-0.4, -0.2) is 28.3 Å². The Bertz CT molecular complexity index is 1180. The molecule has 1 amide bonds. The van der Waals surface area contributed by atoms with E-state index in [-0.39, 0.29) is 29.4 Å². The fourth-order valence-electron chi connectivity index (χ4n) is 3.43. The zero-order chi connectivity index (χ0) is 25.0. The van der Waals surface area contributed by atoms with Gasteiger partial charge >= 0.3 is 5.97 Å². The molecular formula is C25H27F2N3O4. The van der Waals surface area contributed by atoms with Gasteiger partial charge in [-0.3, -0.25) is 4.79 Å². The summed E-state index contributed by atoms with van der Waals surface area (Å²) in [5, 5.41) is 7.15. The summed E-state index contributed by atoms with van der Waals surface area (Å²) in [6.07, 6.45) is 0. The number of benzene rings is 2. The highest BCUT2D eigenvalue weighted by atomic mass is 19.3. The SMILES string of the molecule is CCOC(=O)c1ccc([C@H](C)NC(=O)c2c(C)nn(C)c2Oc2cccc(C(C)(F)F)c2)cc1. The van der Waals surface area contributed by atoms with Crippen LogP contribution in [0.25, 0.3) is 0 Å². The van der Waals surface area contributed by atoms with Crippen LogP contribution in [0.1, 0.15) is 64.3 Å². The summed E-state index contributed by atoms with van der Waals surface area (Å²) >= 11 is 0. The smallest absolute Gasteiger partial charge is 0.338 e. The van der Waals surface area contributed by atoms with Crippen LogP contribution in [-0.2, 0) is 17.7 Å². The highest BCUT2D eigenvalue weighted by molar-refractivity contribution is 5.98. The molecule has 0 bridgehead atoms. The third kappa shape index (κ3) is 5.59. The maximum atomic E-state index is 13.7. The number of halogens is 2. The summed E-state index contributed by atoms with van der Waals surface area (Å²) < 4.78 is 39.6. The van der Waals surface area contributed by atoms with Crippen LogP contribution in [0, 0.1) is 6.92 Å². The molecule has 1 heterocycles. The maximum absolute atomic E-state index is 13.7. The van der Waals surface area contributed by atoms with E-state index in [0.717, 1.165) is 12.5 Å². The Morgan fingerprint density at radius 1 is 1.18 bits per heavy atom. The first-order valence-electron chi connectivity index (χ1n) is 10.8. The summed E-state index contributed by atoms with van der Waals surface area (Å²) in [5.41, 5.74) is 1.63. The van der Waals surface area contributed by atoms with Crippen LogP contribution in [0.15, 0.2) is 48.5 Å². The van der Waals surface area contributed by atoms with Gasteiger partial charge in [0.25, 0.3) is 11.8 Å². The molecule has 7 nitrogen and oxygen atoms in total. The number of carbonyl (C=O) groups excluding carboxylic acids is 2. The molecule has 3 rings (SSSR count). The minimum Gasteiger partial charge on any atom is -0.462 e. The van der Waals surface area contributed by atoms with E-state index in [1.54, 1.807) is 52.1 Å². The predicted octanol–water partition coefficient (Wildman–Crippen LogP) is 5.30. The fourth-order valence-corrected chi connectivity index (χ4v) is 3.43. The monoisotopic (exact) mass is 471 g/mol. The van der Waals surface area contributed by atoms with Gasteiger partial charge < -0.3 is 14.8 Å². The zero-order valence-corrected chi connectivity index (χ0v) is 19.7. The van der Waals surface area contributed by atoms with E-state index in [2.05, 4.69) is 10.4 Å². The van der Waals surface area contributed by atoms with Crippen LogP contribution in [0.3, 0.4) is 0 Å². The first-order valence-corrected chi connectivity index (χ1v) is 10.8. The number of amides is 1. The highest BCUT2D eigenvalue weighted by Crippen LogP contribution is 2.33. The molecule has 0 unspecified atom stereocenters. The van der Waals surface area contributed by atoms with Crippen LogP contribution in [0.4, 0.5) is 8.78 Å². The minimum absolute atomic E-state index is 0.136. The van der Waals surface area contributed by atoms with Crippen LogP contribution < -0.4 is 10.1 Å². The van der Waals surface area contributed by atoms with Crippen molar-refractivity contribution in [3.63, 3.8) is 0 Å².